The van der Waals surface area contributed by atoms with Gasteiger partial charge in [-0.1, -0.05) is 13.8 Å². The first-order valence-corrected chi connectivity index (χ1v) is 6.24. The number of carbonyl (C=O) groups excluding carboxylic acids is 1. The predicted octanol–water partition coefficient (Wildman–Crippen LogP) is 1.21. The molecule has 6 heteroatoms. The van der Waals surface area contributed by atoms with Crippen LogP contribution in [0.4, 0.5) is 4.79 Å². The molecule has 0 aromatic carbocycles. The van der Waals surface area contributed by atoms with E-state index in [0.29, 0.717) is 19.6 Å². The standard InChI is InChI=1S/C12H24N2O4/c1-5-18-7-9(4)13-12(17)14-10(11(15)16)6-8(2)3/h8-10H,5-7H2,1-4H3,(H,15,16)(H2,13,14,17)/t9?,10-/m1/s1. The number of rotatable bonds is 8. The number of nitrogens with one attached hydrogen (secondary N) is 2. The van der Waals surface area contributed by atoms with Gasteiger partial charge in [0.15, 0.2) is 0 Å². The van der Waals surface area contributed by atoms with Crippen molar-refractivity contribution in [1.82, 2.24) is 10.6 Å². The lowest BCUT2D eigenvalue weighted by Gasteiger charge is -2.19. The molecule has 0 rings (SSSR count). The molecule has 0 saturated heterocycles. The van der Waals surface area contributed by atoms with Crippen LogP contribution in [0.1, 0.15) is 34.1 Å². The lowest BCUT2D eigenvalue weighted by atomic mass is 10.0. The first-order chi connectivity index (χ1) is 8.36. The van der Waals surface area contributed by atoms with Crippen LogP contribution in [-0.2, 0) is 9.53 Å². The van der Waals surface area contributed by atoms with Gasteiger partial charge in [0, 0.05) is 6.61 Å². The number of urea groups is 1. The van der Waals surface area contributed by atoms with Crippen molar-refractivity contribution in [2.24, 2.45) is 5.92 Å². The number of aliphatic carboxylic acids is 1. The minimum atomic E-state index is -1.02. The SMILES string of the molecule is CCOCC(C)NC(=O)N[C@H](CC(C)C)C(=O)O. The highest BCUT2D eigenvalue weighted by Gasteiger charge is 2.21. The quantitative estimate of drug-likeness (QED) is 0.612. The van der Waals surface area contributed by atoms with Crippen molar-refractivity contribution in [2.75, 3.05) is 13.2 Å². The van der Waals surface area contributed by atoms with E-state index in [1.54, 1.807) is 6.92 Å². The number of ether oxygens (including phenoxy) is 1. The fourth-order valence-electron chi connectivity index (χ4n) is 1.45. The summed E-state index contributed by atoms with van der Waals surface area (Å²) in [4.78, 5) is 22.5. The molecule has 18 heavy (non-hydrogen) atoms. The van der Waals surface area contributed by atoms with E-state index >= 15 is 0 Å². The molecule has 0 bridgehead atoms. The maximum Gasteiger partial charge on any atom is 0.326 e. The summed E-state index contributed by atoms with van der Waals surface area (Å²) in [6, 6.07) is -1.49. The zero-order valence-corrected chi connectivity index (χ0v) is 11.5. The van der Waals surface area contributed by atoms with Crippen molar-refractivity contribution in [3.8, 4) is 0 Å². The predicted molar refractivity (Wildman–Crippen MR) is 68.5 cm³/mol. The highest BCUT2D eigenvalue weighted by Crippen LogP contribution is 2.04. The Morgan fingerprint density at radius 3 is 2.28 bits per heavy atom. The van der Waals surface area contributed by atoms with E-state index in [-0.39, 0.29) is 12.0 Å². The van der Waals surface area contributed by atoms with Crippen LogP contribution >= 0.6 is 0 Å². The summed E-state index contributed by atoms with van der Waals surface area (Å²) < 4.78 is 5.15. The molecule has 6 nitrogen and oxygen atoms in total. The molecule has 0 radical (unpaired) electrons. The van der Waals surface area contributed by atoms with Crippen LogP contribution in [0.3, 0.4) is 0 Å². The summed E-state index contributed by atoms with van der Waals surface area (Å²) in [5.74, 6) is -0.816. The van der Waals surface area contributed by atoms with Gasteiger partial charge < -0.3 is 20.5 Å². The number of carboxylic acids is 1. The third-order valence-electron chi connectivity index (χ3n) is 2.26. The molecule has 0 aliphatic heterocycles. The largest absolute Gasteiger partial charge is 0.480 e. The number of amides is 2. The van der Waals surface area contributed by atoms with Gasteiger partial charge in [-0.05, 0) is 26.2 Å². The Morgan fingerprint density at radius 2 is 1.83 bits per heavy atom. The van der Waals surface area contributed by atoms with Gasteiger partial charge in [-0.25, -0.2) is 9.59 Å². The number of carboxylic acid groups (broad SMARTS) is 1. The smallest absolute Gasteiger partial charge is 0.326 e. The summed E-state index contributed by atoms with van der Waals surface area (Å²) in [7, 11) is 0. The molecule has 0 spiro atoms. The van der Waals surface area contributed by atoms with Gasteiger partial charge in [-0.15, -0.1) is 0 Å². The van der Waals surface area contributed by atoms with Crippen molar-refractivity contribution in [2.45, 2.75) is 46.2 Å². The lowest BCUT2D eigenvalue weighted by Crippen LogP contribution is -2.49. The Bertz CT molecular complexity index is 269. The Hall–Kier alpha value is -1.30. The van der Waals surface area contributed by atoms with Gasteiger partial charge >= 0.3 is 12.0 Å². The summed E-state index contributed by atoms with van der Waals surface area (Å²) >= 11 is 0. The summed E-state index contributed by atoms with van der Waals surface area (Å²) in [5, 5.41) is 14.1. The second kappa shape index (κ2) is 8.74. The molecule has 0 saturated carbocycles. The first kappa shape index (κ1) is 16.7. The van der Waals surface area contributed by atoms with E-state index in [4.69, 9.17) is 9.84 Å². The van der Waals surface area contributed by atoms with Crippen molar-refractivity contribution in [1.29, 1.82) is 0 Å². The van der Waals surface area contributed by atoms with E-state index < -0.39 is 18.0 Å². The lowest BCUT2D eigenvalue weighted by molar-refractivity contribution is -0.139. The van der Waals surface area contributed by atoms with E-state index in [1.807, 2.05) is 20.8 Å². The highest BCUT2D eigenvalue weighted by molar-refractivity contribution is 5.82. The monoisotopic (exact) mass is 260 g/mol. The summed E-state index contributed by atoms with van der Waals surface area (Å²) in [6.45, 7) is 8.48. The van der Waals surface area contributed by atoms with Crippen molar-refractivity contribution < 1.29 is 19.4 Å². The molecule has 0 aromatic rings. The second-order valence-electron chi connectivity index (χ2n) is 4.70. The average Bonchev–Trinajstić information content (AvgIpc) is 2.24. The first-order valence-electron chi connectivity index (χ1n) is 6.24. The molecule has 106 valence electrons. The normalized spacial score (nSPS) is 14.1. The number of hydrogen-bond donors (Lipinski definition) is 3. The van der Waals surface area contributed by atoms with Gasteiger partial charge in [0.05, 0.1) is 12.6 Å². The molecule has 0 aliphatic carbocycles. The van der Waals surface area contributed by atoms with Crippen molar-refractivity contribution >= 4 is 12.0 Å². The minimum absolute atomic E-state index is 0.154. The molecule has 0 aromatic heterocycles. The summed E-state index contributed by atoms with van der Waals surface area (Å²) in [5.41, 5.74) is 0. The van der Waals surface area contributed by atoms with Crippen LogP contribution in [0.25, 0.3) is 0 Å². The third kappa shape index (κ3) is 7.89. The maximum atomic E-state index is 11.6. The molecule has 0 aliphatic rings. The Balaban J connectivity index is 4.13. The van der Waals surface area contributed by atoms with E-state index in [0.717, 1.165) is 0 Å². The molecule has 1 unspecified atom stereocenters. The van der Waals surface area contributed by atoms with Gasteiger partial charge in [-0.2, -0.15) is 0 Å². The minimum Gasteiger partial charge on any atom is -0.480 e. The van der Waals surface area contributed by atoms with Gasteiger partial charge in [0.25, 0.3) is 0 Å². The molecule has 0 heterocycles. The number of hydrogen-bond acceptors (Lipinski definition) is 3. The molecule has 0 fully saturated rings. The van der Waals surface area contributed by atoms with Crippen LogP contribution in [0.5, 0.6) is 0 Å². The van der Waals surface area contributed by atoms with Gasteiger partial charge in [-0.3, -0.25) is 0 Å². The van der Waals surface area contributed by atoms with Crippen LogP contribution in [-0.4, -0.2) is 42.4 Å². The Morgan fingerprint density at radius 1 is 1.22 bits per heavy atom. The average molecular weight is 260 g/mol. The van der Waals surface area contributed by atoms with Crippen LogP contribution in [0.15, 0.2) is 0 Å². The van der Waals surface area contributed by atoms with Gasteiger partial charge in [0.1, 0.15) is 6.04 Å². The molecule has 2 atom stereocenters. The molecule has 3 N–H and O–H groups in total. The fourth-order valence-corrected chi connectivity index (χ4v) is 1.45. The molecule has 2 amide bonds. The second-order valence-corrected chi connectivity index (χ2v) is 4.70. The third-order valence-corrected chi connectivity index (χ3v) is 2.26. The van der Waals surface area contributed by atoms with Crippen LogP contribution in [0, 0.1) is 5.92 Å². The zero-order chi connectivity index (χ0) is 14.1. The molecular weight excluding hydrogens is 236 g/mol. The topological polar surface area (TPSA) is 87.7 Å². The summed E-state index contributed by atoms with van der Waals surface area (Å²) in [6.07, 6.45) is 0.405. The van der Waals surface area contributed by atoms with Gasteiger partial charge in [0.2, 0.25) is 0 Å². The zero-order valence-electron chi connectivity index (χ0n) is 11.5. The van der Waals surface area contributed by atoms with E-state index in [2.05, 4.69) is 10.6 Å². The Labute approximate surface area is 108 Å². The molecular formula is C12H24N2O4. The van der Waals surface area contributed by atoms with E-state index in [9.17, 15) is 9.59 Å². The highest BCUT2D eigenvalue weighted by atomic mass is 16.5. The fraction of sp³-hybridized carbons (Fsp3) is 0.833. The number of carbonyl (C=O) groups is 2. The maximum absolute atomic E-state index is 11.6. The van der Waals surface area contributed by atoms with Crippen LogP contribution in [0.2, 0.25) is 0 Å². The van der Waals surface area contributed by atoms with Crippen molar-refractivity contribution in [3.05, 3.63) is 0 Å². The Kier molecular flexibility index (Phi) is 8.11. The van der Waals surface area contributed by atoms with Crippen molar-refractivity contribution in [3.63, 3.8) is 0 Å². The van der Waals surface area contributed by atoms with E-state index in [1.165, 1.54) is 0 Å². The van der Waals surface area contributed by atoms with Crippen LogP contribution < -0.4 is 10.6 Å².